The van der Waals surface area contributed by atoms with Crippen LogP contribution in [-0.2, 0) is 0 Å². The van der Waals surface area contributed by atoms with Gasteiger partial charge in [0, 0.05) is 17.1 Å². The van der Waals surface area contributed by atoms with E-state index in [1.54, 1.807) is 0 Å². The maximum atomic E-state index is 2.39. The zero-order valence-corrected chi connectivity index (χ0v) is 43.0. The average Bonchev–Trinajstić information content (AvgIpc) is 3.66. The molecule has 1 nitrogen and oxygen atoms in total. The van der Waals surface area contributed by atoms with Crippen LogP contribution in [0.4, 0.5) is 17.1 Å². The molecule has 0 atom stereocenters. The van der Waals surface area contributed by atoms with Gasteiger partial charge in [0.2, 0.25) is 0 Å². The molecule has 13 aromatic carbocycles. The Bertz CT molecular complexity index is 4000. The first kappa shape index (κ1) is 46.2. The Morgan fingerprint density at radius 3 is 1.09 bits per heavy atom. The van der Waals surface area contributed by atoms with Crippen LogP contribution in [0.2, 0.25) is 0 Å². The van der Waals surface area contributed by atoms with Crippen molar-refractivity contribution in [2.75, 3.05) is 4.90 Å². The van der Waals surface area contributed by atoms with Crippen LogP contribution in [0.15, 0.2) is 322 Å². The van der Waals surface area contributed by atoms with Crippen LogP contribution >= 0.6 is 0 Å². The van der Waals surface area contributed by atoms with Crippen molar-refractivity contribution in [3.05, 3.63) is 322 Å². The molecule has 2 heteroatoms. The lowest BCUT2D eigenvalue weighted by Crippen LogP contribution is -2.74. The molecule has 0 aliphatic carbocycles. The molecule has 0 saturated heterocycles. The smallest absolute Gasteiger partial charge is 0.179 e. The van der Waals surface area contributed by atoms with Crippen LogP contribution in [0.1, 0.15) is 0 Å². The Labute approximate surface area is 447 Å². The number of anilines is 3. The third kappa shape index (κ3) is 8.32. The molecule has 0 N–H and O–H groups in total. The molecule has 0 fully saturated rings. The van der Waals surface area contributed by atoms with Crippen molar-refractivity contribution in [3.8, 4) is 55.6 Å². The van der Waals surface area contributed by atoms with E-state index in [0.29, 0.717) is 0 Å². The number of benzene rings is 13. The Morgan fingerprint density at radius 2 is 0.592 bits per heavy atom. The van der Waals surface area contributed by atoms with E-state index in [1.165, 1.54) is 97.9 Å². The molecule has 0 aromatic heterocycles. The summed E-state index contributed by atoms with van der Waals surface area (Å²) >= 11 is 0. The van der Waals surface area contributed by atoms with E-state index in [4.69, 9.17) is 0 Å². The first-order chi connectivity index (χ1) is 37.7. The van der Waals surface area contributed by atoms with Gasteiger partial charge < -0.3 is 4.90 Å². The third-order valence-electron chi connectivity index (χ3n) is 15.2. The standard InChI is InChI=1S/C74H53NSi/c1-9-26-54(27-10-1)70-69-43-25-42-68(74(69)73(57-32-15-4-16-33-57)72(56-30-13-3-14-31-56)71(70)55-28-11-2-12-29-55)60-45-44-59-53-63(47-46-58(59)52-60)75(61-34-17-5-18-35-61)62-48-50-67(51-49-62)76(64-36-19-6-20-37-64,65-38-21-7-22-39-65)66-40-23-8-24-41-66/h1-53H. The molecule has 0 radical (unpaired) electrons. The summed E-state index contributed by atoms with van der Waals surface area (Å²) in [5, 5.41) is 10.2. The lowest BCUT2D eigenvalue weighted by Gasteiger charge is -2.35. The van der Waals surface area contributed by atoms with Gasteiger partial charge in [-0.25, -0.2) is 0 Å². The minimum absolute atomic E-state index is 1.10. The molecule has 0 bridgehead atoms. The number of para-hydroxylation sites is 1. The van der Waals surface area contributed by atoms with Gasteiger partial charge in [0.1, 0.15) is 0 Å². The van der Waals surface area contributed by atoms with Crippen molar-refractivity contribution in [2.24, 2.45) is 0 Å². The third-order valence-corrected chi connectivity index (χ3v) is 20.0. The molecule has 358 valence electrons. The van der Waals surface area contributed by atoms with Crippen molar-refractivity contribution in [2.45, 2.75) is 0 Å². The highest BCUT2D eigenvalue weighted by Crippen LogP contribution is 2.53. The summed E-state index contributed by atoms with van der Waals surface area (Å²) in [5.74, 6) is 0. The second-order valence-electron chi connectivity index (χ2n) is 19.5. The fraction of sp³-hybridized carbons (Fsp3) is 0. The molecular weight excluding hydrogens is 931 g/mol. The highest BCUT2D eigenvalue weighted by molar-refractivity contribution is 7.19. The molecule has 0 unspecified atom stereocenters. The zero-order chi connectivity index (χ0) is 50.7. The van der Waals surface area contributed by atoms with Crippen LogP contribution in [0.3, 0.4) is 0 Å². The van der Waals surface area contributed by atoms with Crippen molar-refractivity contribution in [1.82, 2.24) is 0 Å². The Kier molecular flexibility index (Phi) is 12.4. The summed E-state index contributed by atoms with van der Waals surface area (Å²) in [7, 11) is -2.70. The topological polar surface area (TPSA) is 3.24 Å². The summed E-state index contributed by atoms with van der Waals surface area (Å²) in [6.07, 6.45) is 0. The van der Waals surface area contributed by atoms with Crippen molar-refractivity contribution < 1.29 is 0 Å². The van der Waals surface area contributed by atoms with Gasteiger partial charge in [-0.3, -0.25) is 0 Å². The van der Waals surface area contributed by atoms with Gasteiger partial charge in [0.15, 0.2) is 8.07 Å². The molecule has 13 rings (SSSR count). The van der Waals surface area contributed by atoms with Gasteiger partial charge >= 0.3 is 0 Å². The van der Waals surface area contributed by atoms with Gasteiger partial charge in [-0.1, -0.05) is 279 Å². The molecule has 13 aromatic rings. The number of rotatable bonds is 12. The molecule has 0 heterocycles. The summed E-state index contributed by atoms with van der Waals surface area (Å²) in [6, 6.07) is 118. The number of nitrogens with zero attached hydrogens (tertiary/aromatic N) is 1. The van der Waals surface area contributed by atoms with Crippen LogP contribution in [-0.4, -0.2) is 8.07 Å². The summed E-state index contributed by atoms with van der Waals surface area (Å²) in [5.41, 5.74) is 15.3. The number of fused-ring (bicyclic) bond motifs is 2. The summed E-state index contributed by atoms with van der Waals surface area (Å²) in [4.78, 5) is 2.39. The summed E-state index contributed by atoms with van der Waals surface area (Å²) in [6.45, 7) is 0. The Morgan fingerprint density at radius 1 is 0.224 bits per heavy atom. The van der Waals surface area contributed by atoms with E-state index < -0.39 is 8.07 Å². The maximum Gasteiger partial charge on any atom is 0.179 e. The van der Waals surface area contributed by atoms with E-state index in [2.05, 4.69) is 326 Å². The maximum absolute atomic E-state index is 2.70. The molecule has 0 amide bonds. The SMILES string of the molecule is c1ccc(-c2c(-c3ccccc3)c(-c3ccccc3)c3c(-c4ccc5cc(N(c6ccccc6)c6ccc([Si](c7ccccc7)(c7ccccc7)c7ccccc7)cc6)ccc5c4)cccc3c2-c2ccccc2)cc1. The minimum atomic E-state index is -2.70. The van der Waals surface area contributed by atoms with Crippen molar-refractivity contribution >= 4 is 67.4 Å². The molecule has 0 aliphatic heterocycles. The van der Waals surface area contributed by atoms with Gasteiger partial charge in [-0.05, 0) is 140 Å². The van der Waals surface area contributed by atoms with Crippen molar-refractivity contribution in [3.63, 3.8) is 0 Å². The van der Waals surface area contributed by atoms with Gasteiger partial charge in [0.25, 0.3) is 0 Å². The highest BCUT2D eigenvalue weighted by atomic mass is 28.3. The monoisotopic (exact) mass is 983 g/mol. The minimum Gasteiger partial charge on any atom is -0.310 e. The average molecular weight is 984 g/mol. The van der Waals surface area contributed by atoms with Gasteiger partial charge in [-0.15, -0.1) is 0 Å². The fourth-order valence-corrected chi connectivity index (χ4v) is 16.6. The second-order valence-corrected chi connectivity index (χ2v) is 23.3. The molecule has 76 heavy (non-hydrogen) atoms. The molecule has 0 aliphatic rings. The van der Waals surface area contributed by atoms with E-state index in [1.807, 2.05) is 0 Å². The molecule has 0 spiro atoms. The van der Waals surface area contributed by atoms with Gasteiger partial charge in [-0.2, -0.15) is 0 Å². The fourth-order valence-electron chi connectivity index (χ4n) is 11.9. The summed E-state index contributed by atoms with van der Waals surface area (Å²) < 4.78 is 0. The zero-order valence-electron chi connectivity index (χ0n) is 42.0. The largest absolute Gasteiger partial charge is 0.310 e. The second kappa shape index (κ2) is 20.4. The van der Waals surface area contributed by atoms with Crippen LogP contribution < -0.4 is 25.6 Å². The quantitative estimate of drug-likeness (QED) is 0.0871. The Hall–Kier alpha value is -9.60. The lowest BCUT2D eigenvalue weighted by atomic mass is 9.77. The van der Waals surface area contributed by atoms with E-state index >= 15 is 0 Å². The van der Waals surface area contributed by atoms with Crippen LogP contribution in [0.5, 0.6) is 0 Å². The van der Waals surface area contributed by atoms with E-state index in [0.717, 1.165) is 17.1 Å². The van der Waals surface area contributed by atoms with E-state index in [9.17, 15) is 0 Å². The molecule has 0 saturated carbocycles. The van der Waals surface area contributed by atoms with Crippen LogP contribution in [0, 0.1) is 0 Å². The Balaban J connectivity index is 0.980. The lowest BCUT2D eigenvalue weighted by molar-refractivity contribution is 1.29. The highest BCUT2D eigenvalue weighted by Gasteiger charge is 2.41. The number of hydrogen-bond acceptors (Lipinski definition) is 1. The first-order valence-corrected chi connectivity index (χ1v) is 28.2. The predicted octanol–water partition coefficient (Wildman–Crippen LogP) is 17.2. The normalized spacial score (nSPS) is 11.4. The predicted molar refractivity (Wildman–Crippen MR) is 327 cm³/mol. The van der Waals surface area contributed by atoms with Gasteiger partial charge in [0.05, 0.1) is 0 Å². The first-order valence-electron chi connectivity index (χ1n) is 26.2. The van der Waals surface area contributed by atoms with Crippen molar-refractivity contribution in [1.29, 1.82) is 0 Å². The van der Waals surface area contributed by atoms with Crippen LogP contribution in [0.25, 0.3) is 77.2 Å². The number of hydrogen-bond donors (Lipinski definition) is 0. The van der Waals surface area contributed by atoms with E-state index in [-0.39, 0.29) is 0 Å². The molecular formula is C74H53NSi.